The first-order valence-corrected chi connectivity index (χ1v) is 5.52. The molecule has 0 bridgehead atoms. The number of nitrogens with two attached hydrogens (primary N) is 2. The van der Waals surface area contributed by atoms with Crippen LogP contribution in [0.4, 0.5) is 0 Å². The van der Waals surface area contributed by atoms with E-state index in [0.717, 1.165) is 0 Å². The van der Waals surface area contributed by atoms with E-state index in [9.17, 15) is 0 Å². The normalized spacial score (nSPS) is 15.6. The molecule has 18 heavy (non-hydrogen) atoms. The zero-order chi connectivity index (χ0) is 13.3. The molecule has 0 saturated carbocycles. The Morgan fingerprint density at radius 1 is 1.22 bits per heavy atom. The summed E-state index contributed by atoms with van der Waals surface area (Å²) < 4.78 is 5.32. The maximum absolute atomic E-state index is 5.32. The van der Waals surface area contributed by atoms with Crippen LogP contribution < -0.4 is 11.5 Å². The molecule has 0 aliphatic carbocycles. The van der Waals surface area contributed by atoms with Crippen molar-refractivity contribution < 1.29 is 21.8 Å². The molecule has 4 N–H and O–H groups in total. The Labute approximate surface area is 128 Å². The molecular formula is C8H14CuN6OS2. The minimum Gasteiger partial charge on any atom is -0.741 e. The number of nitrogens with zero attached hydrogens (tertiary/aromatic N) is 4. The molecule has 0 heterocycles. The van der Waals surface area contributed by atoms with Crippen LogP contribution in [-0.4, -0.2) is 35.0 Å². The Balaban J connectivity index is 0. The van der Waals surface area contributed by atoms with Crippen LogP contribution in [0.1, 0.15) is 13.8 Å². The molecule has 1 radical (unpaired) electrons. The number of rotatable bonds is 6. The van der Waals surface area contributed by atoms with E-state index in [4.69, 9.17) is 16.2 Å². The Bertz CT molecular complexity index is 349. The summed E-state index contributed by atoms with van der Waals surface area (Å²) >= 11 is 9.11. The van der Waals surface area contributed by atoms with Gasteiger partial charge in [0, 0.05) is 6.61 Å². The Hall–Kier alpha value is -0.801. The monoisotopic (exact) mass is 337 g/mol. The van der Waals surface area contributed by atoms with Gasteiger partial charge in [0.15, 0.2) is 0 Å². The Kier molecular flexibility index (Phi) is 12.3. The molecule has 0 aromatic rings. The third kappa shape index (κ3) is 10.4. The maximum Gasteiger partial charge on any atom is 2.00 e. The largest absolute Gasteiger partial charge is 2.00 e. The van der Waals surface area contributed by atoms with Crippen molar-refractivity contribution in [2.75, 3.05) is 6.61 Å². The molecule has 0 rings (SSSR count). The van der Waals surface area contributed by atoms with Gasteiger partial charge in [-0.15, -0.1) is 0 Å². The van der Waals surface area contributed by atoms with Crippen LogP contribution in [0, 0.1) is 0 Å². The molecule has 0 amide bonds. The number of hydrogen-bond acceptors (Lipinski definition) is 7. The topological polar surface area (TPSA) is 111 Å². The van der Waals surface area contributed by atoms with Gasteiger partial charge in [-0.05, 0) is 24.2 Å². The summed E-state index contributed by atoms with van der Waals surface area (Å²) in [5.41, 5.74) is 10.8. The van der Waals surface area contributed by atoms with Crippen LogP contribution >= 0.6 is 0 Å². The maximum atomic E-state index is 5.32. The first-order chi connectivity index (χ1) is 7.97. The SMILES string of the molecule is CCOC(C)C(/C=N/N=C(/N)[S-])=N/N=C(/N)[S-].[Cu+2]. The van der Waals surface area contributed by atoms with Crippen molar-refractivity contribution in [1.82, 2.24) is 0 Å². The van der Waals surface area contributed by atoms with Crippen molar-refractivity contribution in [2.24, 2.45) is 31.9 Å². The van der Waals surface area contributed by atoms with Crippen molar-refractivity contribution in [3.05, 3.63) is 0 Å². The van der Waals surface area contributed by atoms with E-state index in [1.54, 1.807) is 6.92 Å². The van der Waals surface area contributed by atoms with Crippen LogP contribution in [-0.2, 0) is 47.1 Å². The molecule has 0 aliphatic rings. The molecule has 1 unspecified atom stereocenters. The minimum absolute atomic E-state index is 0. The first kappa shape index (κ1) is 19.5. The average molecular weight is 338 g/mol. The zero-order valence-electron chi connectivity index (χ0n) is 9.83. The molecule has 0 aromatic heterocycles. The second-order valence-corrected chi connectivity index (χ2v) is 3.58. The summed E-state index contributed by atoms with van der Waals surface area (Å²) in [6, 6.07) is 0. The van der Waals surface area contributed by atoms with Gasteiger partial charge in [0.1, 0.15) is 11.8 Å². The van der Waals surface area contributed by atoms with Crippen molar-refractivity contribution in [3.8, 4) is 0 Å². The molecular weight excluding hydrogens is 324 g/mol. The quantitative estimate of drug-likeness (QED) is 0.223. The van der Waals surface area contributed by atoms with E-state index in [1.807, 2.05) is 6.92 Å². The summed E-state index contributed by atoms with van der Waals surface area (Å²) in [5, 5.41) is 14.3. The van der Waals surface area contributed by atoms with Gasteiger partial charge in [-0.25, -0.2) is 0 Å². The molecule has 0 fully saturated rings. The number of hydrogen-bond donors (Lipinski definition) is 2. The van der Waals surface area contributed by atoms with Crippen LogP contribution in [0.5, 0.6) is 0 Å². The number of ether oxygens (including phenoxy) is 1. The number of amidine groups is 2. The predicted octanol–water partition coefficient (Wildman–Crippen LogP) is -0.526. The van der Waals surface area contributed by atoms with Crippen LogP contribution in [0.25, 0.3) is 0 Å². The van der Waals surface area contributed by atoms with Crippen molar-refractivity contribution >= 4 is 47.5 Å². The summed E-state index contributed by atoms with van der Waals surface area (Å²) in [7, 11) is 0. The Morgan fingerprint density at radius 3 is 2.22 bits per heavy atom. The standard InChI is InChI=1S/C8H16N6OS2.Cu/c1-3-15-5(2)6(12-14-8(10)17)4-11-13-7(9)16;/h4-5H,3H2,1-2H3,(H3,9,13,16)(H3,10,14,17);/q;+2/p-2/b11-4+,12-6+;. The second kappa shape index (κ2) is 11.3. The summed E-state index contributed by atoms with van der Waals surface area (Å²) in [6.07, 6.45) is 1.02. The van der Waals surface area contributed by atoms with Crippen LogP contribution in [0.3, 0.4) is 0 Å². The van der Waals surface area contributed by atoms with E-state index in [1.165, 1.54) is 6.21 Å². The van der Waals surface area contributed by atoms with Crippen molar-refractivity contribution in [3.63, 3.8) is 0 Å². The average Bonchev–Trinajstić information content (AvgIpc) is 2.22. The predicted molar refractivity (Wildman–Crippen MR) is 75.0 cm³/mol. The van der Waals surface area contributed by atoms with Gasteiger partial charge in [0.05, 0.1) is 6.21 Å². The van der Waals surface area contributed by atoms with Gasteiger partial charge in [-0.1, -0.05) is 0 Å². The van der Waals surface area contributed by atoms with Gasteiger partial charge < -0.3 is 41.5 Å². The smallest absolute Gasteiger partial charge is 0.741 e. The molecule has 0 aromatic carbocycles. The van der Waals surface area contributed by atoms with Gasteiger partial charge in [0.2, 0.25) is 0 Å². The fourth-order valence-corrected chi connectivity index (χ4v) is 0.887. The molecule has 1 atom stereocenters. The molecule has 0 aliphatic heterocycles. The summed E-state index contributed by atoms with van der Waals surface area (Å²) in [6.45, 7) is 4.16. The Morgan fingerprint density at radius 2 is 1.78 bits per heavy atom. The molecule has 105 valence electrons. The fourth-order valence-electron chi connectivity index (χ4n) is 0.799. The third-order valence-corrected chi connectivity index (χ3v) is 1.61. The second-order valence-electron chi connectivity index (χ2n) is 2.74. The van der Waals surface area contributed by atoms with E-state index in [2.05, 4.69) is 45.7 Å². The third-order valence-electron chi connectivity index (χ3n) is 1.44. The summed E-state index contributed by atoms with van der Waals surface area (Å²) in [4.78, 5) is 0. The molecule has 0 spiro atoms. The van der Waals surface area contributed by atoms with Crippen LogP contribution in [0.15, 0.2) is 20.4 Å². The van der Waals surface area contributed by atoms with E-state index in [-0.39, 0.29) is 33.5 Å². The van der Waals surface area contributed by atoms with Gasteiger partial charge in [0.25, 0.3) is 0 Å². The summed E-state index contributed by atoms with van der Waals surface area (Å²) in [5.74, 6) is 0. The van der Waals surface area contributed by atoms with Gasteiger partial charge >= 0.3 is 17.1 Å². The zero-order valence-corrected chi connectivity index (χ0v) is 12.4. The minimum atomic E-state index is -0.316. The van der Waals surface area contributed by atoms with Crippen molar-refractivity contribution in [1.29, 1.82) is 0 Å². The van der Waals surface area contributed by atoms with E-state index in [0.29, 0.717) is 12.3 Å². The van der Waals surface area contributed by atoms with E-state index >= 15 is 0 Å². The van der Waals surface area contributed by atoms with E-state index < -0.39 is 0 Å². The van der Waals surface area contributed by atoms with Crippen molar-refractivity contribution in [2.45, 2.75) is 20.0 Å². The molecule has 10 heteroatoms. The molecule has 0 saturated heterocycles. The van der Waals surface area contributed by atoms with Gasteiger partial charge in [-0.2, -0.15) is 20.4 Å². The molecule has 7 nitrogen and oxygen atoms in total. The fraction of sp³-hybridized carbons (Fsp3) is 0.500. The first-order valence-electron chi connectivity index (χ1n) is 4.70. The van der Waals surface area contributed by atoms with Gasteiger partial charge in [-0.3, -0.25) is 0 Å². The van der Waals surface area contributed by atoms with Crippen LogP contribution in [0.2, 0.25) is 0 Å².